The number of amides is 2. The van der Waals surface area contributed by atoms with Crippen LogP contribution < -0.4 is 20.2 Å². The highest BCUT2D eigenvalue weighted by Crippen LogP contribution is 2.27. The number of methoxy groups -OCH3 is 1. The average Bonchev–Trinajstić information content (AvgIpc) is 2.83. The Bertz CT molecular complexity index is 1150. The Morgan fingerprint density at radius 2 is 1.82 bits per heavy atom. The smallest absolute Gasteiger partial charge is 0.329 e. The van der Waals surface area contributed by atoms with Crippen molar-refractivity contribution in [1.29, 1.82) is 0 Å². The molecule has 0 heterocycles. The molecule has 170 valence electrons. The molecular formula is C24H21BrClN3O4. The lowest BCUT2D eigenvalue weighted by molar-refractivity contribution is -0.139. The molecule has 0 atom stereocenters. The van der Waals surface area contributed by atoms with Crippen molar-refractivity contribution in [2.24, 2.45) is 5.10 Å². The fourth-order valence-electron chi connectivity index (χ4n) is 2.71. The number of ether oxygens (including phenoxy) is 2. The van der Waals surface area contributed by atoms with E-state index in [-0.39, 0.29) is 6.54 Å². The molecule has 0 saturated carbocycles. The van der Waals surface area contributed by atoms with E-state index in [0.717, 1.165) is 11.1 Å². The van der Waals surface area contributed by atoms with Crippen LogP contribution in [-0.2, 0) is 22.7 Å². The van der Waals surface area contributed by atoms with E-state index in [1.807, 2.05) is 24.3 Å². The summed E-state index contributed by atoms with van der Waals surface area (Å²) in [5.74, 6) is -0.302. The number of carbonyl (C=O) groups is 2. The van der Waals surface area contributed by atoms with Crippen LogP contribution in [0.4, 0.5) is 0 Å². The van der Waals surface area contributed by atoms with Gasteiger partial charge in [-0.25, -0.2) is 5.43 Å². The molecule has 0 aliphatic heterocycles. The topological polar surface area (TPSA) is 89.0 Å². The molecule has 3 aromatic rings. The minimum absolute atomic E-state index is 0.211. The molecule has 3 rings (SSSR count). The van der Waals surface area contributed by atoms with E-state index in [4.69, 9.17) is 21.1 Å². The predicted octanol–water partition coefficient (Wildman–Crippen LogP) is 4.46. The Balaban J connectivity index is 1.47. The van der Waals surface area contributed by atoms with E-state index in [1.165, 1.54) is 6.21 Å². The summed E-state index contributed by atoms with van der Waals surface area (Å²) in [6.07, 6.45) is 1.43. The van der Waals surface area contributed by atoms with Crippen molar-refractivity contribution < 1.29 is 19.1 Å². The van der Waals surface area contributed by atoms with Crippen LogP contribution in [-0.4, -0.2) is 25.1 Å². The molecule has 0 aliphatic carbocycles. The number of benzene rings is 3. The van der Waals surface area contributed by atoms with Crippen LogP contribution in [0, 0.1) is 0 Å². The van der Waals surface area contributed by atoms with Gasteiger partial charge in [-0.05, 0) is 63.5 Å². The monoisotopic (exact) mass is 529 g/mol. The maximum atomic E-state index is 11.9. The normalized spacial score (nSPS) is 10.6. The zero-order valence-corrected chi connectivity index (χ0v) is 20.0. The summed E-state index contributed by atoms with van der Waals surface area (Å²) in [5.41, 5.74) is 4.62. The maximum Gasteiger partial charge on any atom is 0.329 e. The molecule has 2 amide bonds. The first kappa shape index (κ1) is 24.3. The molecule has 2 N–H and O–H groups in total. The number of halogens is 2. The minimum Gasteiger partial charge on any atom is -0.497 e. The molecule has 7 nitrogen and oxygen atoms in total. The fraction of sp³-hybridized carbons (Fsp3) is 0.125. The van der Waals surface area contributed by atoms with Gasteiger partial charge in [-0.2, -0.15) is 5.10 Å². The molecular weight excluding hydrogens is 510 g/mol. The van der Waals surface area contributed by atoms with Gasteiger partial charge in [-0.1, -0.05) is 41.9 Å². The van der Waals surface area contributed by atoms with Crippen molar-refractivity contribution in [2.75, 3.05) is 7.11 Å². The molecule has 0 bridgehead atoms. The van der Waals surface area contributed by atoms with Gasteiger partial charge in [0.05, 0.1) is 17.8 Å². The summed E-state index contributed by atoms with van der Waals surface area (Å²) in [7, 11) is 1.57. The van der Waals surface area contributed by atoms with Crippen molar-refractivity contribution in [3.05, 3.63) is 92.9 Å². The highest BCUT2D eigenvalue weighted by Gasteiger charge is 2.12. The summed E-state index contributed by atoms with van der Waals surface area (Å²) in [4.78, 5) is 23.9. The number of hydrogen-bond acceptors (Lipinski definition) is 5. The first-order valence-corrected chi connectivity index (χ1v) is 11.0. The third-order valence-electron chi connectivity index (χ3n) is 4.50. The molecule has 0 aliphatic rings. The minimum atomic E-state index is -0.862. The van der Waals surface area contributed by atoms with Crippen LogP contribution in [0.5, 0.6) is 11.5 Å². The first-order chi connectivity index (χ1) is 16.0. The number of hydrogen-bond donors (Lipinski definition) is 2. The molecule has 33 heavy (non-hydrogen) atoms. The molecule has 3 aromatic carbocycles. The van der Waals surface area contributed by atoms with Gasteiger partial charge >= 0.3 is 11.8 Å². The Morgan fingerprint density at radius 3 is 2.52 bits per heavy atom. The van der Waals surface area contributed by atoms with Gasteiger partial charge in [0.1, 0.15) is 18.1 Å². The third kappa shape index (κ3) is 7.34. The largest absolute Gasteiger partial charge is 0.497 e. The molecule has 0 radical (unpaired) electrons. The van der Waals surface area contributed by atoms with Crippen LogP contribution >= 0.6 is 27.5 Å². The lowest BCUT2D eigenvalue weighted by Gasteiger charge is -2.10. The SMILES string of the molecule is COc1ccc(CNC(=O)C(=O)N/N=C\c2ccc(OCc3ccccc3Cl)c(Br)c2)cc1. The molecule has 0 fully saturated rings. The second-order valence-electron chi connectivity index (χ2n) is 6.80. The van der Waals surface area contributed by atoms with Crippen molar-refractivity contribution in [3.63, 3.8) is 0 Å². The Morgan fingerprint density at radius 1 is 1.06 bits per heavy atom. The summed E-state index contributed by atoms with van der Waals surface area (Å²) >= 11 is 9.60. The van der Waals surface area contributed by atoms with Crippen molar-refractivity contribution in [2.45, 2.75) is 13.2 Å². The highest BCUT2D eigenvalue weighted by molar-refractivity contribution is 9.10. The maximum absolute atomic E-state index is 11.9. The number of rotatable bonds is 8. The summed E-state index contributed by atoms with van der Waals surface area (Å²) < 4.78 is 11.6. The Labute approximate surface area is 204 Å². The number of nitrogens with zero attached hydrogens (tertiary/aromatic N) is 1. The molecule has 0 spiro atoms. The van der Waals surface area contributed by atoms with Crippen molar-refractivity contribution in [1.82, 2.24) is 10.7 Å². The zero-order valence-electron chi connectivity index (χ0n) is 17.7. The lowest BCUT2D eigenvalue weighted by atomic mass is 10.2. The van der Waals surface area contributed by atoms with Gasteiger partial charge in [0.15, 0.2) is 0 Å². The van der Waals surface area contributed by atoms with E-state index in [2.05, 4.69) is 31.8 Å². The van der Waals surface area contributed by atoms with Crippen LogP contribution in [0.3, 0.4) is 0 Å². The Hall–Kier alpha value is -3.36. The summed E-state index contributed by atoms with van der Waals surface area (Å²) in [6.45, 7) is 0.538. The fourth-order valence-corrected chi connectivity index (χ4v) is 3.41. The predicted molar refractivity (Wildman–Crippen MR) is 131 cm³/mol. The third-order valence-corrected chi connectivity index (χ3v) is 5.48. The number of hydrazone groups is 1. The molecule has 0 saturated heterocycles. The van der Waals surface area contributed by atoms with E-state index >= 15 is 0 Å². The van der Waals surface area contributed by atoms with Gasteiger partial charge in [0.2, 0.25) is 0 Å². The van der Waals surface area contributed by atoms with Gasteiger partial charge in [-0.15, -0.1) is 0 Å². The van der Waals surface area contributed by atoms with E-state index < -0.39 is 11.8 Å². The van der Waals surface area contributed by atoms with Crippen molar-refractivity contribution in [3.8, 4) is 11.5 Å². The lowest BCUT2D eigenvalue weighted by Crippen LogP contribution is -2.37. The van der Waals surface area contributed by atoms with E-state index in [9.17, 15) is 9.59 Å². The molecule has 0 unspecified atom stereocenters. The van der Waals surface area contributed by atoms with Crippen LogP contribution in [0.2, 0.25) is 5.02 Å². The highest BCUT2D eigenvalue weighted by atomic mass is 79.9. The molecule has 0 aromatic heterocycles. The van der Waals surface area contributed by atoms with Crippen LogP contribution in [0.25, 0.3) is 0 Å². The van der Waals surface area contributed by atoms with Gasteiger partial charge < -0.3 is 14.8 Å². The van der Waals surface area contributed by atoms with E-state index in [0.29, 0.717) is 33.2 Å². The Kier molecular flexibility index (Phi) is 8.86. The first-order valence-electron chi connectivity index (χ1n) is 9.86. The van der Waals surface area contributed by atoms with E-state index in [1.54, 1.807) is 49.6 Å². The van der Waals surface area contributed by atoms with Crippen LogP contribution in [0.1, 0.15) is 16.7 Å². The summed E-state index contributed by atoms with van der Waals surface area (Å²) in [5, 5.41) is 7.01. The van der Waals surface area contributed by atoms with Crippen LogP contribution in [0.15, 0.2) is 76.3 Å². The van der Waals surface area contributed by atoms with Gasteiger partial charge in [-0.3, -0.25) is 9.59 Å². The standard InChI is InChI=1S/C24H21BrClN3O4/c1-32-19-9-6-16(7-10-19)13-27-23(30)24(31)29-28-14-17-8-11-22(20(25)12-17)33-15-18-4-2-3-5-21(18)26/h2-12,14H,13,15H2,1H3,(H,27,30)(H,29,31)/b28-14-. The second kappa shape index (κ2) is 12.0. The van der Waals surface area contributed by atoms with Crippen molar-refractivity contribution >= 4 is 45.6 Å². The van der Waals surface area contributed by atoms with Gasteiger partial charge in [0.25, 0.3) is 0 Å². The average molecular weight is 531 g/mol. The van der Waals surface area contributed by atoms with Gasteiger partial charge in [0, 0.05) is 17.1 Å². The second-order valence-corrected chi connectivity index (χ2v) is 8.06. The molecule has 9 heteroatoms. The quantitative estimate of drug-likeness (QED) is 0.256. The summed E-state index contributed by atoms with van der Waals surface area (Å²) in [6, 6.07) is 19.9. The zero-order chi connectivity index (χ0) is 23.6. The number of carbonyl (C=O) groups excluding carboxylic acids is 2. The number of nitrogens with one attached hydrogen (secondary N) is 2.